The van der Waals surface area contributed by atoms with Gasteiger partial charge in [-0.15, -0.1) is 0 Å². The lowest BCUT2D eigenvalue weighted by molar-refractivity contribution is 0.0916. The number of nitrogens with one attached hydrogen (secondary N) is 4. The molecule has 5 aliphatic heterocycles. The van der Waals surface area contributed by atoms with Gasteiger partial charge in [0, 0.05) is 97.7 Å². The summed E-state index contributed by atoms with van der Waals surface area (Å²) in [7, 11) is 8.14. The van der Waals surface area contributed by atoms with E-state index in [-0.39, 0.29) is 0 Å². The van der Waals surface area contributed by atoms with Crippen molar-refractivity contribution in [2.45, 2.75) is 254 Å². The molecule has 5 heterocycles. The van der Waals surface area contributed by atoms with E-state index in [0.717, 1.165) is 43.7 Å². The number of hydrogen-bond donors (Lipinski definition) is 5. The van der Waals surface area contributed by atoms with Crippen molar-refractivity contribution in [2.24, 2.45) is 11.7 Å². The van der Waals surface area contributed by atoms with Gasteiger partial charge in [0.05, 0.1) is 11.6 Å². The van der Waals surface area contributed by atoms with Crippen LogP contribution in [0.25, 0.3) is 0 Å². The van der Waals surface area contributed by atoms with Crippen molar-refractivity contribution in [3.8, 4) is 0 Å². The molecule has 0 aliphatic carbocycles. The summed E-state index contributed by atoms with van der Waals surface area (Å²) in [5.41, 5.74) is 7.62. The van der Waals surface area contributed by atoms with Crippen LogP contribution in [0.5, 0.6) is 0 Å². The van der Waals surface area contributed by atoms with Gasteiger partial charge < -0.3 is 31.9 Å². The predicted molar refractivity (Wildman–Crippen MR) is 308 cm³/mol. The van der Waals surface area contributed by atoms with E-state index >= 15 is 0 Å². The Morgan fingerprint density at radius 1 is 0.435 bits per heavy atom. The maximum absolute atomic E-state index is 5.52. The fourth-order valence-electron chi connectivity index (χ4n) is 9.05. The number of nitrogens with zero attached hydrogens (tertiary/aromatic N) is 6. The van der Waals surface area contributed by atoms with Crippen LogP contribution in [0.2, 0.25) is 0 Å². The molecule has 69 heavy (non-hydrogen) atoms. The van der Waals surface area contributed by atoms with Crippen molar-refractivity contribution in [3.05, 3.63) is 24.8 Å². The molecule has 412 valence electrons. The van der Waals surface area contributed by atoms with Crippen molar-refractivity contribution >= 4 is 0 Å². The number of hydrogen-bond acceptors (Lipinski definition) is 11. The second kappa shape index (κ2) is 31.2. The summed E-state index contributed by atoms with van der Waals surface area (Å²) in [5, 5.41) is 13.0. The molecule has 0 spiro atoms. The first kappa shape index (κ1) is 67.4. The highest BCUT2D eigenvalue weighted by Gasteiger charge is 2.29. The number of rotatable bonds is 6. The Morgan fingerprint density at radius 3 is 0.928 bits per heavy atom. The fraction of sp³-hybridized carbons (Fsp3) is 0.931. The summed E-state index contributed by atoms with van der Waals surface area (Å²) < 4.78 is 0. The van der Waals surface area contributed by atoms with Crippen LogP contribution >= 0.6 is 0 Å². The lowest BCUT2D eigenvalue weighted by atomic mass is 9.95. The van der Waals surface area contributed by atoms with Gasteiger partial charge in [-0.25, -0.2) is 0 Å². The lowest BCUT2D eigenvalue weighted by Gasteiger charge is -2.41. The average molecular weight is 977 g/mol. The van der Waals surface area contributed by atoms with Crippen LogP contribution in [0, 0.1) is 5.92 Å². The average Bonchev–Trinajstić information content (AvgIpc) is 3.23. The Morgan fingerprint density at radius 2 is 0.696 bits per heavy atom. The Balaban J connectivity index is 0.000000815. The summed E-state index contributed by atoms with van der Waals surface area (Å²) >= 11 is 0. The van der Waals surface area contributed by atoms with Gasteiger partial charge in [-0.05, 0) is 242 Å². The third-order valence-corrected chi connectivity index (χ3v) is 15.2. The molecule has 5 rings (SSSR count). The normalized spacial score (nSPS) is 21.0. The molecular weight excluding hydrogens is 851 g/mol. The molecule has 0 amide bonds. The maximum Gasteiger partial charge on any atom is 0.0911 e. The molecule has 0 saturated carbocycles. The van der Waals surface area contributed by atoms with Crippen molar-refractivity contribution < 1.29 is 0 Å². The topological polar surface area (TPSA) is 93.6 Å². The Kier molecular flexibility index (Phi) is 30.5. The molecule has 0 aromatic rings. The highest BCUT2D eigenvalue weighted by molar-refractivity contribution is 4.94. The first-order chi connectivity index (χ1) is 31.4. The zero-order chi connectivity index (χ0) is 53.6. The summed E-state index contributed by atoms with van der Waals surface area (Å²) in [6, 6.07) is 1.86. The summed E-state index contributed by atoms with van der Waals surface area (Å²) in [4.78, 5) is 15.0. The van der Waals surface area contributed by atoms with Crippen LogP contribution in [0.3, 0.4) is 0 Å². The first-order valence-electron chi connectivity index (χ1n) is 27.9. The number of likely N-dealkylation sites (tertiary alicyclic amines) is 5. The quantitative estimate of drug-likeness (QED) is 0.176. The summed E-state index contributed by atoms with van der Waals surface area (Å²) in [5.74, 6) is 2.48. The second-order valence-corrected chi connectivity index (χ2v) is 27.3. The number of piperidine rings is 5. The van der Waals surface area contributed by atoms with E-state index < -0.39 is 0 Å². The van der Waals surface area contributed by atoms with E-state index in [2.05, 4.69) is 217 Å². The SMILES string of the molecule is C=C(N)NC1CCN(C(C)(C)C)CC1.C=C(NC)NC1CCN(C(C)(C)C)CC1.CC(C)(C)N1CCCCC1.CC1CCN(C(C)(C)C)CC1.CN(C)C(C)(C)C.CNC1CCN(C(C)(C)C)CC1. The van der Waals surface area contributed by atoms with Gasteiger partial charge in [-0.3, -0.25) is 24.5 Å². The zero-order valence-electron chi connectivity index (χ0n) is 50.8. The van der Waals surface area contributed by atoms with Gasteiger partial charge in [-0.1, -0.05) is 26.5 Å². The molecule has 0 aromatic carbocycles. The van der Waals surface area contributed by atoms with E-state index in [1.165, 1.54) is 110 Å². The van der Waals surface area contributed by atoms with Crippen LogP contribution in [0.1, 0.15) is 202 Å². The van der Waals surface area contributed by atoms with E-state index in [9.17, 15) is 0 Å². The molecule has 11 heteroatoms. The number of nitrogens with two attached hydrogens (primary N) is 1. The van der Waals surface area contributed by atoms with Crippen LogP contribution in [-0.4, -0.2) is 174 Å². The Labute approximate surface area is 432 Å². The minimum absolute atomic E-state index is 0.296. The van der Waals surface area contributed by atoms with Crippen molar-refractivity contribution in [1.82, 2.24) is 50.7 Å². The molecule has 0 atom stereocenters. The lowest BCUT2D eigenvalue weighted by Crippen LogP contribution is -2.50. The molecular formula is C58H125N11. The molecule has 6 N–H and O–H groups in total. The predicted octanol–water partition coefficient (Wildman–Crippen LogP) is 10.4. The molecule has 0 unspecified atom stereocenters. The van der Waals surface area contributed by atoms with E-state index in [4.69, 9.17) is 5.73 Å². The standard InChI is InChI=1S/C12H25N3.C11H23N3.C10H22N2.C10H21N.C9H19N.C6H15N/c1-10(13-5)14-11-6-8-15(9-7-11)12(2,3)4;1-9(12)13-10-5-7-14(8-6-10)11(2,3)4;1-10(2,3)12-7-5-9(11-4)6-8-12;1-9-5-7-11(8-6-9)10(2,3)4;1-9(2,3)10-7-5-4-6-8-10;1-6(2,3)7(4)5/h11,13-14H,1,6-9H2,2-5H3;10,13H,1,5-8,12H2,2-4H3;9,11H,5-8H2,1-4H3;9H,5-8H2,1-4H3;4-8H2,1-3H3;1-5H3. The summed E-state index contributed by atoms with van der Waals surface area (Å²) in [6.45, 7) is 63.2. The summed E-state index contributed by atoms with van der Waals surface area (Å²) in [6.07, 6.45) is 14.3. The smallest absolute Gasteiger partial charge is 0.0911 e. The minimum Gasteiger partial charge on any atom is -0.386 e. The van der Waals surface area contributed by atoms with Gasteiger partial charge in [0.25, 0.3) is 0 Å². The molecule has 11 nitrogen and oxygen atoms in total. The van der Waals surface area contributed by atoms with Crippen molar-refractivity contribution in [3.63, 3.8) is 0 Å². The Bertz CT molecular complexity index is 1320. The highest BCUT2D eigenvalue weighted by atomic mass is 15.2. The van der Waals surface area contributed by atoms with Crippen LogP contribution in [-0.2, 0) is 0 Å². The second-order valence-electron chi connectivity index (χ2n) is 27.3. The van der Waals surface area contributed by atoms with E-state index in [1.54, 1.807) is 0 Å². The third-order valence-electron chi connectivity index (χ3n) is 15.2. The minimum atomic E-state index is 0.296. The molecule has 0 radical (unpaired) electrons. The monoisotopic (exact) mass is 976 g/mol. The van der Waals surface area contributed by atoms with Crippen molar-refractivity contribution in [2.75, 3.05) is 93.6 Å². The van der Waals surface area contributed by atoms with E-state index in [0.29, 0.717) is 51.1 Å². The van der Waals surface area contributed by atoms with E-state index in [1.807, 2.05) is 7.05 Å². The molecule has 5 aliphatic rings. The van der Waals surface area contributed by atoms with Crippen LogP contribution in [0.15, 0.2) is 24.8 Å². The fourth-order valence-corrected chi connectivity index (χ4v) is 9.05. The molecule has 0 aromatic heterocycles. The van der Waals surface area contributed by atoms with Crippen LogP contribution in [0.4, 0.5) is 0 Å². The molecule has 5 fully saturated rings. The largest absolute Gasteiger partial charge is 0.386 e. The maximum atomic E-state index is 5.52. The first-order valence-corrected chi connectivity index (χ1v) is 27.9. The molecule has 5 saturated heterocycles. The molecule has 0 bridgehead atoms. The van der Waals surface area contributed by atoms with Gasteiger partial charge in [0.15, 0.2) is 0 Å². The highest BCUT2D eigenvalue weighted by Crippen LogP contribution is 2.25. The van der Waals surface area contributed by atoms with Gasteiger partial charge in [0.2, 0.25) is 0 Å². The van der Waals surface area contributed by atoms with Crippen LogP contribution < -0.4 is 27.0 Å². The van der Waals surface area contributed by atoms with Gasteiger partial charge >= 0.3 is 0 Å². The third kappa shape index (κ3) is 30.9. The zero-order valence-corrected chi connectivity index (χ0v) is 50.8. The van der Waals surface area contributed by atoms with Gasteiger partial charge in [-0.2, -0.15) is 0 Å². The van der Waals surface area contributed by atoms with Crippen molar-refractivity contribution in [1.29, 1.82) is 0 Å². The Hall–Kier alpha value is -1.60. The van der Waals surface area contributed by atoms with Gasteiger partial charge in [0.1, 0.15) is 0 Å².